The molecule has 2 rings (SSSR count). The number of nitrogen functional groups attached to an aromatic ring is 1. The zero-order valence-electron chi connectivity index (χ0n) is 10.3. The van der Waals surface area contributed by atoms with E-state index < -0.39 is 17.6 Å². The zero-order valence-corrected chi connectivity index (χ0v) is 10.3. The number of nitrogens with two attached hydrogens (primary N) is 1. The first-order valence-electron chi connectivity index (χ1n) is 5.67. The smallest absolute Gasteiger partial charge is 0.335 e. The number of ether oxygens (including phenoxy) is 1. The Kier molecular flexibility index (Phi) is 3.84. The number of anilines is 1. The van der Waals surface area contributed by atoms with Gasteiger partial charge in [0.1, 0.15) is 24.0 Å². The highest BCUT2D eigenvalue weighted by Gasteiger charge is 2.09. The van der Waals surface area contributed by atoms with Crippen molar-refractivity contribution in [1.29, 1.82) is 0 Å². The molecule has 0 aliphatic rings. The van der Waals surface area contributed by atoms with Crippen LogP contribution in [-0.4, -0.2) is 11.1 Å². The summed E-state index contributed by atoms with van der Waals surface area (Å²) in [6, 6.07) is 7.08. The highest BCUT2D eigenvalue weighted by atomic mass is 19.1. The maximum Gasteiger partial charge on any atom is 0.335 e. The van der Waals surface area contributed by atoms with Crippen molar-refractivity contribution in [1.82, 2.24) is 0 Å². The van der Waals surface area contributed by atoms with Crippen LogP contribution in [0.4, 0.5) is 14.5 Å². The number of carbonyl (C=O) groups is 1. The molecule has 0 aliphatic carbocycles. The van der Waals surface area contributed by atoms with Crippen LogP contribution in [0.3, 0.4) is 0 Å². The third kappa shape index (κ3) is 3.03. The SMILES string of the molecule is Nc1ccc(C(=O)O)cc1OCc1ccc(F)cc1F. The average molecular weight is 279 g/mol. The molecule has 0 amide bonds. The third-order valence-electron chi connectivity index (χ3n) is 2.66. The minimum Gasteiger partial charge on any atom is -0.487 e. The number of benzene rings is 2. The van der Waals surface area contributed by atoms with E-state index in [4.69, 9.17) is 15.6 Å². The van der Waals surface area contributed by atoms with Crippen LogP contribution < -0.4 is 10.5 Å². The molecule has 0 spiro atoms. The largest absolute Gasteiger partial charge is 0.487 e. The van der Waals surface area contributed by atoms with Crippen LogP contribution in [0.2, 0.25) is 0 Å². The van der Waals surface area contributed by atoms with Crippen LogP contribution >= 0.6 is 0 Å². The van der Waals surface area contributed by atoms with Crippen molar-refractivity contribution >= 4 is 11.7 Å². The van der Waals surface area contributed by atoms with Crippen molar-refractivity contribution in [2.45, 2.75) is 6.61 Å². The van der Waals surface area contributed by atoms with Crippen LogP contribution in [0.25, 0.3) is 0 Å². The number of hydrogen-bond donors (Lipinski definition) is 2. The molecule has 0 bridgehead atoms. The lowest BCUT2D eigenvalue weighted by molar-refractivity contribution is 0.0696. The first-order chi connectivity index (χ1) is 9.47. The summed E-state index contributed by atoms with van der Waals surface area (Å²) < 4.78 is 31.5. The average Bonchev–Trinajstić information content (AvgIpc) is 2.39. The van der Waals surface area contributed by atoms with E-state index in [0.29, 0.717) is 0 Å². The van der Waals surface area contributed by atoms with Crippen LogP contribution in [0.1, 0.15) is 15.9 Å². The van der Waals surface area contributed by atoms with Crippen LogP contribution in [0.15, 0.2) is 36.4 Å². The molecular formula is C14H11F2NO3. The summed E-state index contributed by atoms with van der Waals surface area (Å²) in [4.78, 5) is 10.8. The van der Waals surface area contributed by atoms with Crippen molar-refractivity contribution in [2.24, 2.45) is 0 Å². The Hall–Kier alpha value is -2.63. The molecule has 0 saturated heterocycles. The number of rotatable bonds is 4. The van der Waals surface area contributed by atoms with E-state index >= 15 is 0 Å². The van der Waals surface area contributed by atoms with Gasteiger partial charge in [-0.15, -0.1) is 0 Å². The molecule has 104 valence electrons. The second-order valence-corrected chi connectivity index (χ2v) is 4.08. The fourth-order valence-corrected chi connectivity index (χ4v) is 1.59. The zero-order chi connectivity index (χ0) is 14.7. The van der Waals surface area contributed by atoms with Gasteiger partial charge in [0.25, 0.3) is 0 Å². The van der Waals surface area contributed by atoms with Crippen molar-refractivity contribution < 1.29 is 23.4 Å². The van der Waals surface area contributed by atoms with Crippen LogP contribution in [-0.2, 0) is 6.61 Å². The van der Waals surface area contributed by atoms with Crippen molar-refractivity contribution in [3.8, 4) is 5.75 Å². The minimum absolute atomic E-state index is 0.00813. The van der Waals surface area contributed by atoms with Gasteiger partial charge in [0.05, 0.1) is 11.3 Å². The summed E-state index contributed by atoms with van der Waals surface area (Å²) in [6.07, 6.45) is 0. The lowest BCUT2D eigenvalue weighted by atomic mass is 10.2. The van der Waals surface area contributed by atoms with E-state index in [2.05, 4.69) is 0 Å². The van der Waals surface area contributed by atoms with E-state index in [1.165, 1.54) is 24.3 Å². The number of hydrogen-bond acceptors (Lipinski definition) is 3. The Bertz CT molecular complexity index is 659. The molecule has 0 unspecified atom stereocenters. The van der Waals surface area contributed by atoms with Crippen molar-refractivity contribution in [3.63, 3.8) is 0 Å². The molecule has 0 fully saturated rings. The third-order valence-corrected chi connectivity index (χ3v) is 2.66. The number of carboxylic acids is 1. The summed E-state index contributed by atoms with van der Waals surface area (Å²) >= 11 is 0. The standard InChI is InChI=1S/C14H11F2NO3/c15-10-3-1-9(11(16)6-10)7-20-13-5-8(14(18)19)2-4-12(13)17/h1-6H,7,17H2,(H,18,19). The van der Waals surface area contributed by atoms with Gasteiger partial charge in [0.15, 0.2) is 0 Å². The number of carboxylic acid groups (broad SMARTS) is 1. The molecule has 2 aromatic carbocycles. The van der Waals surface area contributed by atoms with Gasteiger partial charge in [-0.25, -0.2) is 13.6 Å². The molecular weight excluding hydrogens is 268 g/mol. The Balaban J connectivity index is 2.18. The first-order valence-corrected chi connectivity index (χ1v) is 5.67. The summed E-state index contributed by atoms with van der Waals surface area (Å²) in [5.41, 5.74) is 6.03. The molecule has 20 heavy (non-hydrogen) atoms. The fraction of sp³-hybridized carbons (Fsp3) is 0.0714. The first kappa shape index (κ1) is 13.8. The van der Waals surface area contributed by atoms with Gasteiger partial charge in [0.2, 0.25) is 0 Å². The molecule has 2 aromatic rings. The normalized spacial score (nSPS) is 10.3. The highest BCUT2D eigenvalue weighted by molar-refractivity contribution is 5.89. The van der Waals surface area contributed by atoms with Gasteiger partial charge in [-0.3, -0.25) is 0 Å². The fourth-order valence-electron chi connectivity index (χ4n) is 1.59. The maximum absolute atomic E-state index is 13.4. The molecule has 0 heterocycles. The molecule has 4 nitrogen and oxygen atoms in total. The Morgan fingerprint density at radius 2 is 1.95 bits per heavy atom. The number of halogens is 2. The predicted molar refractivity (Wildman–Crippen MR) is 68.5 cm³/mol. The van der Waals surface area contributed by atoms with E-state index in [1.54, 1.807) is 0 Å². The van der Waals surface area contributed by atoms with Gasteiger partial charge < -0.3 is 15.6 Å². The molecule has 0 atom stereocenters. The van der Waals surface area contributed by atoms with Gasteiger partial charge in [-0.05, 0) is 30.3 Å². The molecule has 0 radical (unpaired) electrons. The minimum atomic E-state index is -1.12. The Morgan fingerprint density at radius 1 is 1.20 bits per heavy atom. The molecule has 0 aliphatic heterocycles. The van der Waals surface area contributed by atoms with E-state index in [0.717, 1.165) is 12.1 Å². The van der Waals surface area contributed by atoms with E-state index in [9.17, 15) is 13.6 Å². The lowest BCUT2D eigenvalue weighted by Gasteiger charge is -2.10. The Morgan fingerprint density at radius 3 is 2.60 bits per heavy atom. The van der Waals surface area contributed by atoms with Crippen LogP contribution in [0, 0.1) is 11.6 Å². The maximum atomic E-state index is 13.4. The van der Waals surface area contributed by atoms with Crippen molar-refractivity contribution in [2.75, 3.05) is 5.73 Å². The second-order valence-electron chi connectivity index (χ2n) is 4.08. The molecule has 0 saturated carbocycles. The van der Waals surface area contributed by atoms with Gasteiger partial charge in [-0.1, -0.05) is 0 Å². The molecule has 0 aromatic heterocycles. The van der Waals surface area contributed by atoms with E-state index in [1.807, 2.05) is 0 Å². The summed E-state index contributed by atoms with van der Waals surface area (Å²) in [5, 5.41) is 8.86. The second kappa shape index (κ2) is 5.56. The van der Waals surface area contributed by atoms with Gasteiger partial charge in [-0.2, -0.15) is 0 Å². The van der Waals surface area contributed by atoms with E-state index in [-0.39, 0.29) is 29.2 Å². The topological polar surface area (TPSA) is 72.6 Å². The van der Waals surface area contributed by atoms with Gasteiger partial charge in [0, 0.05) is 11.6 Å². The molecule has 6 heteroatoms. The monoisotopic (exact) mass is 279 g/mol. The van der Waals surface area contributed by atoms with Crippen molar-refractivity contribution in [3.05, 3.63) is 59.2 Å². The quantitative estimate of drug-likeness (QED) is 0.844. The summed E-state index contributed by atoms with van der Waals surface area (Å²) in [5.74, 6) is -2.41. The highest BCUT2D eigenvalue weighted by Crippen LogP contribution is 2.24. The predicted octanol–water partition coefficient (Wildman–Crippen LogP) is 2.82. The number of aromatic carboxylic acids is 1. The summed E-state index contributed by atoms with van der Waals surface area (Å²) in [7, 11) is 0. The van der Waals surface area contributed by atoms with Crippen LogP contribution in [0.5, 0.6) is 5.75 Å². The van der Waals surface area contributed by atoms with Gasteiger partial charge >= 0.3 is 5.97 Å². The lowest BCUT2D eigenvalue weighted by Crippen LogP contribution is -2.03. The summed E-state index contributed by atoms with van der Waals surface area (Å²) in [6.45, 7) is -0.181. The molecule has 3 N–H and O–H groups in total. The Labute approximate surface area is 113 Å².